The second kappa shape index (κ2) is 13.8. The molecule has 2 aromatic carbocycles. The molecule has 8 heteroatoms. The van der Waals surface area contributed by atoms with Crippen LogP contribution >= 0.6 is 8.03 Å². The summed E-state index contributed by atoms with van der Waals surface area (Å²) in [5.41, 5.74) is 1.75. The van der Waals surface area contributed by atoms with E-state index in [4.69, 9.17) is 14.0 Å². The van der Waals surface area contributed by atoms with Crippen LogP contribution < -0.4 is 5.32 Å². The highest BCUT2D eigenvalue weighted by Gasteiger charge is 2.33. The molecule has 1 fully saturated rings. The van der Waals surface area contributed by atoms with E-state index in [1.807, 2.05) is 60.7 Å². The summed E-state index contributed by atoms with van der Waals surface area (Å²) in [6, 6.07) is 18.9. The Morgan fingerprint density at radius 1 is 0.970 bits per heavy atom. The first kappa shape index (κ1) is 25.0. The topological polar surface area (TPSA) is 90.9 Å². The smallest absolute Gasteiger partial charge is 0.461 e. The summed E-state index contributed by atoms with van der Waals surface area (Å²) in [4.78, 5) is 25.0. The molecule has 3 unspecified atom stereocenters. The standard InChI is InChI=1S/C25H31NO6P/c27-24(30-16-20-8-3-1-4-9-20)14-13-22(19-33(29)32-18-23-12-7-15-26-23)25(28)31-17-21-10-5-2-6-11-21/h1-6,8-11,22-23,26H,7,12-19H2/q+1. The Bertz CT molecular complexity index is 886. The average Bonchev–Trinajstić information content (AvgIpc) is 3.37. The molecule has 2 aromatic rings. The molecular formula is C25H31NO6P+. The van der Waals surface area contributed by atoms with Crippen LogP contribution in [0.4, 0.5) is 0 Å². The largest absolute Gasteiger partial charge is 0.509 e. The quantitative estimate of drug-likeness (QED) is 0.342. The third-order valence-electron chi connectivity index (χ3n) is 5.45. The fraction of sp³-hybridized carbons (Fsp3) is 0.440. The molecule has 7 nitrogen and oxygen atoms in total. The van der Waals surface area contributed by atoms with Crippen LogP contribution in [0.3, 0.4) is 0 Å². The van der Waals surface area contributed by atoms with Gasteiger partial charge in [0.05, 0.1) is 0 Å². The van der Waals surface area contributed by atoms with Crippen LogP contribution in [0, 0.1) is 5.92 Å². The summed E-state index contributed by atoms with van der Waals surface area (Å²) in [6.45, 7) is 1.58. The molecule has 0 saturated carbocycles. The van der Waals surface area contributed by atoms with Crippen LogP contribution in [0.5, 0.6) is 0 Å². The molecule has 176 valence electrons. The van der Waals surface area contributed by atoms with E-state index in [0.29, 0.717) is 6.61 Å². The predicted octanol–water partition coefficient (Wildman–Crippen LogP) is 4.38. The van der Waals surface area contributed by atoms with E-state index >= 15 is 0 Å². The Morgan fingerprint density at radius 3 is 2.21 bits per heavy atom. The van der Waals surface area contributed by atoms with Crippen LogP contribution in [0.1, 0.15) is 36.8 Å². The Morgan fingerprint density at radius 2 is 1.61 bits per heavy atom. The summed E-state index contributed by atoms with van der Waals surface area (Å²) in [7, 11) is -2.05. The van der Waals surface area contributed by atoms with Crippen molar-refractivity contribution in [1.82, 2.24) is 5.32 Å². The molecule has 0 bridgehead atoms. The maximum atomic E-state index is 12.7. The molecule has 1 N–H and O–H groups in total. The van der Waals surface area contributed by atoms with E-state index in [1.165, 1.54) is 0 Å². The summed E-state index contributed by atoms with van der Waals surface area (Å²) in [5.74, 6) is -1.61. The minimum absolute atomic E-state index is 0.0155. The minimum Gasteiger partial charge on any atom is -0.461 e. The van der Waals surface area contributed by atoms with Crippen molar-refractivity contribution in [3.63, 3.8) is 0 Å². The molecule has 0 radical (unpaired) electrons. The van der Waals surface area contributed by atoms with Gasteiger partial charge >= 0.3 is 20.0 Å². The Kier molecular flexibility index (Phi) is 10.5. The van der Waals surface area contributed by atoms with Crippen LogP contribution in [-0.2, 0) is 41.4 Å². The first-order valence-electron chi connectivity index (χ1n) is 11.3. The lowest BCUT2D eigenvalue weighted by Crippen LogP contribution is -2.26. The molecular weight excluding hydrogens is 441 g/mol. The highest BCUT2D eigenvalue weighted by Crippen LogP contribution is 2.29. The monoisotopic (exact) mass is 472 g/mol. The van der Waals surface area contributed by atoms with Crippen molar-refractivity contribution in [1.29, 1.82) is 0 Å². The third-order valence-corrected chi connectivity index (χ3v) is 6.62. The Balaban J connectivity index is 1.49. The van der Waals surface area contributed by atoms with Crippen molar-refractivity contribution in [2.45, 2.75) is 44.9 Å². The van der Waals surface area contributed by atoms with Gasteiger partial charge in [-0.2, -0.15) is 0 Å². The summed E-state index contributed by atoms with van der Waals surface area (Å²) in [5, 5.41) is 3.29. The number of esters is 2. The van der Waals surface area contributed by atoms with Crippen LogP contribution in [0.15, 0.2) is 60.7 Å². The average molecular weight is 472 g/mol. The Labute approximate surface area is 195 Å². The van der Waals surface area contributed by atoms with Gasteiger partial charge in [0.15, 0.2) is 6.16 Å². The van der Waals surface area contributed by atoms with E-state index < -0.39 is 25.9 Å². The van der Waals surface area contributed by atoms with Crippen LogP contribution in [0.25, 0.3) is 0 Å². The lowest BCUT2D eigenvalue weighted by molar-refractivity contribution is -0.150. The second-order valence-corrected chi connectivity index (χ2v) is 9.37. The van der Waals surface area contributed by atoms with Crippen molar-refractivity contribution in [2.75, 3.05) is 19.3 Å². The normalized spacial score (nSPS) is 16.7. The van der Waals surface area contributed by atoms with Gasteiger partial charge in [-0.1, -0.05) is 60.7 Å². The van der Waals surface area contributed by atoms with Crippen molar-refractivity contribution >= 4 is 20.0 Å². The number of ether oxygens (including phenoxy) is 2. The van der Waals surface area contributed by atoms with Crippen LogP contribution in [-0.4, -0.2) is 37.3 Å². The van der Waals surface area contributed by atoms with Crippen molar-refractivity contribution in [2.24, 2.45) is 5.92 Å². The number of carbonyl (C=O) groups excluding carboxylic acids is 2. The van der Waals surface area contributed by atoms with Crippen molar-refractivity contribution < 1.29 is 28.2 Å². The highest BCUT2D eigenvalue weighted by atomic mass is 31.1. The van der Waals surface area contributed by atoms with Gasteiger partial charge in [0, 0.05) is 12.5 Å². The van der Waals surface area contributed by atoms with E-state index in [9.17, 15) is 14.2 Å². The molecule has 33 heavy (non-hydrogen) atoms. The third kappa shape index (κ3) is 9.42. The molecule has 0 amide bonds. The van der Waals surface area contributed by atoms with Crippen LogP contribution in [0.2, 0.25) is 0 Å². The summed E-state index contributed by atoms with van der Waals surface area (Å²) < 4.78 is 28.8. The first-order valence-corrected chi connectivity index (χ1v) is 12.7. The van der Waals surface area contributed by atoms with Gasteiger partial charge in [0.25, 0.3) is 0 Å². The molecule has 0 spiro atoms. The lowest BCUT2D eigenvalue weighted by Gasteiger charge is -2.12. The molecule has 1 heterocycles. The van der Waals surface area contributed by atoms with Gasteiger partial charge in [-0.25, -0.2) is 0 Å². The molecule has 0 aromatic heterocycles. The fourth-order valence-corrected chi connectivity index (χ4v) is 4.68. The summed E-state index contributed by atoms with van der Waals surface area (Å²) in [6.07, 6.45) is 2.30. The molecule has 1 aliphatic heterocycles. The number of benzene rings is 2. The molecule has 1 saturated heterocycles. The van der Waals surface area contributed by atoms with E-state index in [0.717, 1.165) is 30.5 Å². The maximum Gasteiger partial charge on any atom is 0.509 e. The van der Waals surface area contributed by atoms with Gasteiger partial charge < -0.3 is 14.8 Å². The molecule has 0 aliphatic carbocycles. The SMILES string of the molecule is O=C(CCC(C[P+](=O)OCC1CCCN1)C(=O)OCc1ccccc1)OCc1ccccc1. The van der Waals surface area contributed by atoms with Gasteiger partial charge in [0.2, 0.25) is 0 Å². The van der Waals surface area contributed by atoms with Gasteiger partial charge in [0.1, 0.15) is 25.7 Å². The minimum atomic E-state index is -2.05. The molecule has 1 aliphatic rings. The fourth-order valence-electron chi connectivity index (χ4n) is 3.54. The number of carbonyl (C=O) groups is 2. The van der Waals surface area contributed by atoms with E-state index in [-0.39, 0.29) is 38.3 Å². The summed E-state index contributed by atoms with van der Waals surface area (Å²) >= 11 is 0. The van der Waals surface area contributed by atoms with Crippen molar-refractivity contribution in [3.05, 3.63) is 71.8 Å². The zero-order valence-corrected chi connectivity index (χ0v) is 19.6. The Hall–Kier alpha value is -2.60. The number of hydrogen-bond acceptors (Lipinski definition) is 7. The zero-order valence-electron chi connectivity index (χ0n) is 18.7. The van der Waals surface area contributed by atoms with Gasteiger partial charge in [-0.15, -0.1) is 4.52 Å². The van der Waals surface area contributed by atoms with E-state index in [2.05, 4.69) is 5.32 Å². The van der Waals surface area contributed by atoms with E-state index in [1.54, 1.807) is 0 Å². The second-order valence-electron chi connectivity index (χ2n) is 8.08. The number of rotatable bonds is 13. The highest BCUT2D eigenvalue weighted by molar-refractivity contribution is 7.39. The maximum absolute atomic E-state index is 12.7. The lowest BCUT2D eigenvalue weighted by atomic mass is 10.1. The molecule has 3 atom stereocenters. The number of nitrogens with one attached hydrogen (secondary N) is 1. The van der Waals surface area contributed by atoms with Gasteiger partial charge in [-0.05, 0) is 41.5 Å². The van der Waals surface area contributed by atoms with Crippen molar-refractivity contribution in [3.8, 4) is 0 Å². The molecule has 3 rings (SSSR count). The first-order chi connectivity index (χ1) is 16.1. The predicted molar refractivity (Wildman–Crippen MR) is 125 cm³/mol. The zero-order chi connectivity index (χ0) is 23.3. The number of hydrogen-bond donors (Lipinski definition) is 1. The van der Waals surface area contributed by atoms with Gasteiger partial charge in [-0.3, -0.25) is 9.59 Å².